The Morgan fingerprint density at radius 1 is 1.11 bits per heavy atom. The number of amidine groups is 1. The van der Waals surface area contributed by atoms with Crippen molar-refractivity contribution in [2.45, 2.75) is 12.2 Å². The van der Waals surface area contributed by atoms with Crippen LogP contribution in [0.4, 0.5) is 13.2 Å². The minimum atomic E-state index is -4.39. The summed E-state index contributed by atoms with van der Waals surface area (Å²) in [4.78, 5) is 4.46. The topological polar surface area (TPSA) is 88.1 Å². The van der Waals surface area contributed by atoms with Gasteiger partial charge in [0, 0.05) is 0 Å². The molecule has 2 aromatic rings. The number of benzene rings is 2. The molecule has 2 heterocycles. The molecule has 0 amide bonds. The van der Waals surface area contributed by atoms with E-state index in [1.54, 1.807) is 30.3 Å². The van der Waals surface area contributed by atoms with Gasteiger partial charge in [-0.25, -0.2) is 18.6 Å². The van der Waals surface area contributed by atoms with Gasteiger partial charge in [0.25, 0.3) is 10.0 Å². The molecule has 0 spiro atoms. The molecule has 11 heteroatoms. The van der Waals surface area contributed by atoms with E-state index >= 15 is 0 Å². The van der Waals surface area contributed by atoms with Crippen molar-refractivity contribution in [2.24, 2.45) is 15.2 Å². The van der Waals surface area contributed by atoms with Crippen molar-refractivity contribution in [3.05, 3.63) is 59.7 Å². The third-order valence-electron chi connectivity index (χ3n) is 4.28. The first kappa shape index (κ1) is 19.0. The summed E-state index contributed by atoms with van der Waals surface area (Å²) in [5.74, 6) is 0. The largest absolute Gasteiger partial charge is 0.416 e. The van der Waals surface area contributed by atoms with E-state index in [0.717, 1.165) is 29.5 Å². The predicted octanol–water partition coefficient (Wildman–Crippen LogP) is 3.39. The van der Waals surface area contributed by atoms with E-state index in [1.807, 2.05) is 0 Å². The molecule has 2 aliphatic heterocycles. The van der Waals surface area contributed by atoms with Gasteiger partial charge in [0.2, 0.25) is 4.38 Å². The lowest BCUT2D eigenvalue weighted by molar-refractivity contribution is -0.137. The highest BCUT2D eigenvalue weighted by Gasteiger charge is 2.36. The maximum absolute atomic E-state index is 12.9. The van der Waals surface area contributed by atoms with Crippen LogP contribution in [0, 0.1) is 0 Å². The lowest BCUT2D eigenvalue weighted by Crippen LogP contribution is -2.20. The molecule has 1 unspecified atom stereocenters. The number of rotatable bonds is 2. The molecule has 146 valence electrons. The van der Waals surface area contributed by atoms with E-state index in [9.17, 15) is 21.6 Å². The zero-order chi connectivity index (χ0) is 20.1. The monoisotopic (exact) mass is 426 g/mol. The number of alkyl halides is 3. The fraction of sp³-hybridized carbons (Fsp3) is 0.176. The Kier molecular flexibility index (Phi) is 4.47. The van der Waals surface area contributed by atoms with E-state index in [1.165, 1.54) is 11.1 Å². The van der Waals surface area contributed by atoms with Gasteiger partial charge in [0.1, 0.15) is 0 Å². The third kappa shape index (κ3) is 3.64. The van der Waals surface area contributed by atoms with Crippen LogP contribution < -0.4 is 5.14 Å². The van der Waals surface area contributed by atoms with Crippen LogP contribution in [-0.2, 0) is 16.2 Å². The van der Waals surface area contributed by atoms with Crippen LogP contribution in [0.3, 0.4) is 0 Å². The minimum absolute atomic E-state index is 0.190. The van der Waals surface area contributed by atoms with Gasteiger partial charge in [0.05, 0.1) is 18.2 Å². The van der Waals surface area contributed by atoms with E-state index in [4.69, 9.17) is 5.14 Å². The number of aliphatic imine (C=N–C) groups is 1. The van der Waals surface area contributed by atoms with Gasteiger partial charge < -0.3 is 0 Å². The third-order valence-corrected chi connectivity index (χ3v) is 6.55. The van der Waals surface area contributed by atoms with Gasteiger partial charge >= 0.3 is 6.18 Å². The first-order chi connectivity index (χ1) is 13.1. The number of primary sulfonamides is 1. The van der Waals surface area contributed by atoms with Crippen molar-refractivity contribution in [3.8, 4) is 11.1 Å². The first-order valence-corrected chi connectivity index (χ1v) is 10.4. The number of thioether (sulfide) groups is 1. The molecule has 0 fully saturated rings. The quantitative estimate of drug-likeness (QED) is 0.797. The zero-order valence-electron chi connectivity index (χ0n) is 14.1. The molecule has 6 nitrogen and oxygen atoms in total. The number of halogens is 3. The van der Waals surface area contributed by atoms with Crippen LogP contribution in [0.15, 0.2) is 58.6 Å². The molecule has 4 rings (SSSR count). The average molecular weight is 426 g/mol. The van der Waals surface area contributed by atoms with Crippen molar-refractivity contribution < 1.29 is 21.6 Å². The van der Waals surface area contributed by atoms with E-state index in [0.29, 0.717) is 22.8 Å². The average Bonchev–Trinajstić information content (AvgIpc) is 3.20. The first-order valence-electron chi connectivity index (χ1n) is 8.03. The summed E-state index contributed by atoms with van der Waals surface area (Å²) in [5.41, 5.74) is 1.28. The summed E-state index contributed by atoms with van der Waals surface area (Å²) in [6, 6.07) is 12.0. The number of hydrogen-bond acceptors (Lipinski definition) is 6. The molecule has 0 aromatic heterocycles. The smallest absolute Gasteiger partial charge is 0.251 e. The summed E-state index contributed by atoms with van der Waals surface area (Å²) < 4.78 is 61.2. The molecule has 0 bridgehead atoms. The fourth-order valence-electron chi connectivity index (χ4n) is 2.91. The molecule has 0 saturated heterocycles. The van der Waals surface area contributed by atoms with Crippen LogP contribution in [0.5, 0.6) is 0 Å². The molecule has 2 aliphatic rings. The van der Waals surface area contributed by atoms with Gasteiger partial charge in [0.15, 0.2) is 5.17 Å². The molecule has 28 heavy (non-hydrogen) atoms. The highest BCUT2D eigenvalue weighted by molar-refractivity contribution is 8.42. The van der Waals surface area contributed by atoms with Crippen LogP contribution in [0.2, 0.25) is 0 Å². The van der Waals surface area contributed by atoms with Crippen molar-refractivity contribution in [1.29, 1.82) is 0 Å². The van der Waals surface area contributed by atoms with E-state index in [-0.39, 0.29) is 10.4 Å². The molecule has 0 radical (unpaired) electrons. The highest BCUT2D eigenvalue weighted by Crippen LogP contribution is 2.36. The second kappa shape index (κ2) is 6.61. The number of fused-ring (bicyclic) bond motifs is 1. The summed E-state index contributed by atoms with van der Waals surface area (Å²) in [5, 5.41) is 11.0. The fourth-order valence-corrected chi connectivity index (χ4v) is 4.51. The number of nitrogens with two attached hydrogens (primary N) is 1. The number of hydrazone groups is 1. The number of hydrogen-bond donors (Lipinski definition) is 1. The summed E-state index contributed by atoms with van der Waals surface area (Å²) in [7, 11) is -3.87. The van der Waals surface area contributed by atoms with Crippen molar-refractivity contribution in [1.82, 2.24) is 5.01 Å². The summed E-state index contributed by atoms with van der Waals surface area (Å²) in [6.07, 6.45) is -4.39. The van der Waals surface area contributed by atoms with Gasteiger partial charge in [-0.3, -0.25) is 4.99 Å². The Morgan fingerprint density at radius 2 is 1.82 bits per heavy atom. The summed E-state index contributed by atoms with van der Waals surface area (Å²) >= 11 is 0.897. The molecular weight excluding hydrogens is 413 g/mol. The lowest BCUT2D eigenvalue weighted by atomic mass is 9.99. The maximum Gasteiger partial charge on any atom is 0.416 e. The van der Waals surface area contributed by atoms with Crippen LogP contribution in [-0.4, -0.2) is 29.5 Å². The Bertz CT molecular complexity index is 1100. The molecule has 2 N–H and O–H groups in total. The second-order valence-corrected chi connectivity index (χ2v) is 8.91. The van der Waals surface area contributed by atoms with Crippen LogP contribution >= 0.6 is 11.8 Å². The zero-order valence-corrected chi connectivity index (χ0v) is 15.7. The lowest BCUT2D eigenvalue weighted by Gasteiger charge is -2.12. The standard InChI is InChI=1S/C17H13F3N4O2S2/c18-17(19,20)13-3-1-2-12(8-13)10-4-6-11(7-5-10)14-9-24-15(22-14)27-16(23-24)28(21,25)26/h1-8,14H,9H2,(H2,21,25,26). The molecule has 2 aromatic carbocycles. The molecule has 0 aliphatic carbocycles. The minimum Gasteiger partial charge on any atom is -0.251 e. The molecule has 0 saturated carbocycles. The Labute approximate surface area is 163 Å². The summed E-state index contributed by atoms with van der Waals surface area (Å²) in [6.45, 7) is 0.365. The number of nitrogens with zero attached hydrogens (tertiary/aromatic N) is 3. The van der Waals surface area contributed by atoms with Gasteiger partial charge in [-0.1, -0.05) is 36.4 Å². The Morgan fingerprint density at radius 3 is 2.43 bits per heavy atom. The normalized spacial score (nSPS) is 19.4. The molecular formula is C17H13F3N4O2S2. The Hall–Kier alpha value is -2.37. The van der Waals surface area contributed by atoms with Gasteiger partial charge in [-0.2, -0.15) is 13.2 Å². The van der Waals surface area contributed by atoms with Crippen LogP contribution in [0.1, 0.15) is 17.2 Å². The highest BCUT2D eigenvalue weighted by atomic mass is 32.3. The second-order valence-electron chi connectivity index (χ2n) is 6.22. The van der Waals surface area contributed by atoms with Gasteiger partial charge in [-0.15, -0.1) is 5.10 Å². The van der Waals surface area contributed by atoms with Crippen molar-refractivity contribution in [2.75, 3.05) is 6.54 Å². The van der Waals surface area contributed by atoms with Crippen LogP contribution in [0.25, 0.3) is 11.1 Å². The maximum atomic E-state index is 12.9. The van der Waals surface area contributed by atoms with Gasteiger partial charge in [-0.05, 0) is 40.6 Å². The van der Waals surface area contributed by atoms with E-state index in [2.05, 4.69) is 10.1 Å². The predicted molar refractivity (Wildman–Crippen MR) is 102 cm³/mol. The Balaban J connectivity index is 1.53. The van der Waals surface area contributed by atoms with Crippen molar-refractivity contribution >= 4 is 31.3 Å². The van der Waals surface area contributed by atoms with Crippen molar-refractivity contribution in [3.63, 3.8) is 0 Å². The molecule has 1 atom stereocenters. The number of sulfonamides is 1. The van der Waals surface area contributed by atoms with E-state index < -0.39 is 21.8 Å². The SMILES string of the molecule is NS(=O)(=O)C1=NN2CC(c3ccc(-c4cccc(C(F)(F)F)c4)cc3)N=C2S1.